The highest BCUT2D eigenvalue weighted by atomic mass is 16.7. The molecule has 1 aromatic heterocycles. The number of hydrogen-bond acceptors (Lipinski definition) is 6. The van der Waals surface area contributed by atoms with Crippen molar-refractivity contribution in [2.45, 2.75) is 13.3 Å². The molecule has 0 saturated carbocycles. The number of benzene rings is 2. The zero-order chi connectivity index (χ0) is 17.9. The quantitative estimate of drug-likeness (QED) is 0.747. The second-order valence-corrected chi connectivity index (χ2v) is 5.72. The second-order valence-electron chi connectivity index (χ2n) is 5.72. The molecule has 4 rings (SSSR count). The van der Waals surface area contributed by atoms with Crippen LogP contribution in [0.15, 0.2) is 47.0 Å². The molecule has 2 N–H and O–H groups in total. The monoisotopic (exact) mass is 352 g/mol. The fourth-order valence-corrected chi connectivity index (χ4v) is 2.63. The Morgan fingerprint density at radius 2 is 1.96 bits per heavy atom. The molecule has 0 fully saturated rings. The van der Waals surface area contributed by atoms with Crippen LogP contribution in [0.1, 0.15) is 17.3 Å². The van der Waals surface area contributed by atoms with E-state index in [9.17, 15) is 4.79 Å². The van der Waals surface area contributed by atoms with Gasteiger partial charge in [0, 0.05) is 17.4 Å². The molecule has 0 spiro atoms. The van der Waals surface area contributed by atoms with E-state index < -0.39 is 0 Å². The van der Waals surface area contributed by atoms with Crippen LogP contribution in [0.2, 0.25) is 0 Å². The van der Waals surface area contributed by atoms with Crippen molar-refractivity contribution >= 4 is 17.4 Å². The van der Waals surface area contributed by atoms with Gasteiger partial charge in [-0.2, -0.15) is 4.98 Å². The van der Waals surface area contributed by atoms with Crippen LogP contribution in [0.25, 0.3) is 0 Å². The van der Waals surface area contributed by atoms with E-state index in [0.29, 0.717) is 41.0 Å². The Kier molecular flexibility index (Phi) is 4.14. The Labute approximate surface area is 149 Å². The third-order valence-electron chi connectivity index (χ3n) is 3.81. The van der Waals surface area contributed by atoms with E-state index in [1.54, 1.807) is 25.1 Å². The van der Waals surface area contributed by atoms with Crippen LogP contribution in [0.4, 0.5) is 16.2 Å². The number of anilines is 2. The average molecular weight is 352 g/mol. The first-order chi connectivity index (χ1) is 12.7. The summed E-state index contributed by atoms with van der Waals surface area (Å²) in [6, 6.07) is 12.3. The molecule has 8 nitrogen and oxygen atoms in total. The number of para-hydroxylation sites is 1. The number of urea groups is 1. The number of carbonyl (C=O) groups is 1. The Hall–Kier alpha value is -3.55. The van der Waals surface area contributed by atoms with Crippen molar-refractivity contribution < 1.29 is 18.8 Å². The molecule has 2 aromatic carbocycles. The van der Waals surface area contributed by atoms with Crippen LogP contribution in [0.5, 0.6) is 11.5 Å². The molecule has 0 bridgehead atoms. The zero-order valence-electron chi connectivity index (χ0n) is 14.0. The highest BCUT2D eigenvalue weighted by Gasteiger charge is 2.15. The van der Waals surface area contributed by atoms with Crippen LogP contribution in [-0.2, 0) is 6.42 Å². The first kappa shape index (κ1) is 15.9. The van der Waals surface area contributed by atoms with Gasteiger partial charge in [-0.1, -0.05) is 23.4 Å². The number of hydrogen-bond donors (Lipinski definition) is 2. The summed E-state index contributed by atoms with van der Waals surface area (Å²) in [5.74, 6) is 2.34. The van der Waals surface area contributed by atoms with Crippen molar-refractivity contribution in [3.63, 3.8) is 0 Å². The summed E-state index contributed by atoms with van der Waals surface area (Å²) in [5, 5.41) is 9.40. The van der Waals surface area contributed by atoms with Crippen molar-refractivity contribution in [3.8, 4) is 11.5 Å². The standard InChI is InChI=1S/C18H16N4O4/c1-11-19-17(26-22-11)8-12-4-2-3-5-14(12)21-18(23)20-13-6-7-15-16(9-13)25-10-24-15/h2-7,9H,8,10H2,1H3,(H2,20,21,23). The van der Waals surface area contributed by atoms with E-state index in [-0.39, 0.29) is 12.8 Å². The minimum Gasteiger partial charge on any atom is -0.454 e. The number of rotatable bonds is 4. The number of nitrogens with zero attached hydrogens (tertiary/aromatic N) is 2. The minimum atomic E-state index is -0.363. The molecule has 2 heterocycles. The van der Waals surface area contributed by atoms with E-state index in [1.165, 1.54) is 0 Å². The molecular weight excluding hydrogens is 336 g/mol. The molecule has 0 radical (unpaired) electrons. The molecule has 0 atom stereocenters. The first-order valence-corrected chi connectivity index (χ1v) is 8.02. The van der Waals surface area contributed by atoms with Gasteiger partial charge in [0.2, 0.25) is 12.7 Å². The lowest BCUT2D eigenvalue weighted by molar-refractivity contribution is 0.174. The fourth-order valence-electron chi connectivity index (χ4n) is 2.63. The molecule has 1 aliphatic heterocycles. The molecule has 2 amide bonds. The smallest absolute Gasteiger partial charge is 0.323 e. The molecule has 3 aromatic rings. The molecule has 132 valence electrons. The van der Waals surface area contributed by atoms with Gasteiger partial charge in [-0.15, -0.1) is 0 Å². The normalized spacial score (nSPS) is 12.0. The van der Waals surface area contributed by atoms with Gasteiger partial charge in [-0.3, -0.25) is 0 Å². The molecule has 26 heavy (non-hydrogen) atoms. The second kappa shape index (κ2) is 6.75. The van der Waals surface area contributed by atoms with E-state index in [4.69, 9.17) is 14.0 Å². The van der Waals surface area contributed by atoms with E-state index in [1.807, 2.05) is 24.3 Å². The number of ether oxygens (including phenoxy) is 2. The largest absolute Gasteiger partial charge is 0.454 e. The van der Waals surface area contributed by atoms with Gasteiger partial charge >= 0.3 is 6.03 Å². The number of fused-ring (bicyclic) bond motifs is 1. The van der Waals surface area contributed by atoms with Crippen LogP contribution < -0.4 is 20.1 Å². The Balaban J connectivity index is 1.46. The van der Waals surface area contributed by atoms with Gasteiger partial charge < -0.3 is 24.6 Å². The number of nitrogens with one attached hydrogen (secondary N) is 2. The van der Waals surface area contributed by atoms with Gasteiger partial charge in [0.1, 0.15) is 0 Å². The number of aromatic nitrogens is 2. The van der Waals surface area contributed by atoms with Crippen LogP contribution >= 0.6 is 0 Å². The van der Waals surface area contributed by atoms with Crippen LogP contribution in [-0.4, -0.2) is 23.0 Å². The maximum atomic E-state index is 12.3. The summed E-state index contributed by atoms with van der Waals surface area (Å²) >= 11 is 0. The minimum absolute atomic E-state index is 0.188. The highest BCUT2D eigenvalue weighted by molar-refractivity contribution is 6.00. The molecule has 0 saturated heterocycles. The summed E-state index contributed by atoms with van der Waals surface area (Å²) in [5.41, 5.74) is 2.15. The fraction of sp³-hybridized carbons (Fsp3) is 0.167. The van der Waals surface area contributed by atoms with Crippen molar-refractivity contribution in [2.24, 2.45) is 0 Å². The maximum Gasteiger partial charge on any atom is 0.323 e. The summed E-state index contributed by atoms with van der Waals surface area (Å²) in [6.45, 7) is 1.95. The SMILES string of the molecule is Cc1noc(Cc2ccccc2NC(=O)Nc2ccc3c(c2)OCO3)n1. The summed E-state index contributed by atoms with van der Waals surface area (Å²) in [4.78, 5) is 16.5. The maximum absolute atomic E-state index is 12.3. The third kappa shape index (κ3) is 3.44. The Morgan fingerprint density at radius 3 is 2.81 bits per heavy atom. The highest BCUT2D eigenvalue weighted by Crippen LogP contribution is 2.34. The molecule has 8 heteroatoms. The predicted octanol–water partition coefficient (Wildman–Crippen LogP) is 3.34. The number of carbonyl (C=O) groups excluding carboxylic acids is 1. The lowest BCUT2D eigenvalue weighted by atomic mass is 10.1. The number of amides is 2. The molecule has 0 aliphatic carbocycles. The topological polar surface area (TPSA) is 98.5 Å². The summed E-state index contributed by atoms with van der Waals surface area (Å²) in [7, 11) is 0. The van der Waals surface area contributed by atoms with Crippen molar-refractivity contribution in [1.82, 2.24) is 10.1 Å². The zero-order valence-corrected chi connectivity index (χ0v) is 14.0. The van der Waals surface area contributed by atoms with Gasteiger partial charge in [0.05, 0.1) is 6.42 Å². The van der Waals surface area contributed by atoms with Crippen molar-refractivity contribution in [3.05, 3.63) is 59.7 Å². The van der Waals surface area contributed by atoms with Gasteiger partial charge in [0.15, 0.2) is 17.3 Å². The van der Waals surface area contributed by atoms with Crippen LogP contribution in [0.3, 0.4) is 0 Å². The number of aryl methyl sites for hydroxylation is 1. The average Bonchev–Trinajstić information content (AvgIpc) is 3.25. The van der Waals surface area contributed by atoms with E-state index >= 15 is 0 Å². The molecule has 1 aliphatic rings. The van der Waals surface area contributed by atoms with E-state index in [2.05, 4.69) is 20.8 Å². The lowest BCUT2D eigenvalue weighted by Crippen LogP contribution is -2.20. The van der Waals surface area contributed by atoms with Gasteiger partial charge in [-0.25, -0.2) is 4.79 Å². The van der Waals surface area contributed by atoms with Gasteiger partial charge in [-0.05, 0) is 30.7 Å². The summed E-state index contributed by atoms with van der Waals surface area (Å²) < 4.78 is 15.7. The van der Waals surface area contributed by atoms with E-state index in [0.717, 1.165) is 5.56 Å². The third-order valence-corrected chi connectivity index (χ3v) is 3.81. The molecular formula is C18H16N4O4. The Morgan fingerprint density at radius 1 is 1.12 bits per heavy atom. The lowest BCUT2D eigenvalue weighted by Gasteiger charge is -2.11. The van der Waals surface area contributed by atoms with Gasteiger partial charge in [0.25, 0.3) is 0 Å². The van der Waals surface area contributed by atoms with Crippen LogP contribution in [0, 0.1) is 6.92 Å². The molecule has 0 unspecified atom stereocenters. The Bertz CT molecular complexity index is 954. The van der Waals surface area contributed by atoms with Crippen molar-refractivity contribution in [2.75, 3.05) is 17.4 Å². The predicted molar refractivity (Wildman–Crippen MR) is 93.5 cm³/mol. The summed E-state index contributed by atoms with van der Waals surface area (Å²) in [6.07, 6.45) is 0.432. The van der Waals surface area contributed by atoms with Crippen molar-refractivity contribution in [1.29, 1.82) is 0 Å². The first-order valence-electron chi connectivity index (χ1n) is 8.02.